The average Bonchev–Trinajstić information content (AvgIpc) is 2.92. The van der Waals surface area contributed by atoms with Crippen molar-refractivity contribution in [3.8, 4) is 0 Å². The van der Waals surface area contributed by atoms with Crippen LogP contribution in [0.2, 0.25) is 0 Å². The molecule has 1 aromatic carbocycles. The third-order valence-corrected chi connectivity index (χ3v) is 4.34. The van der Waals surface area contributed by atoms with E-state index >= 15 is 0 Å². The van der Waals surface area contributed by atoms with Crippen LogP contribution in [0.5, 0.6) is 0 Å². The molecule has 1 N–H and O–H groups in total. The molecular weight excluding hydrogens is 256 g/mol. The third kappa shape index (κ3) is 4.27. The maximum absolute atomic E-state index is 13.8. The minimum absolute atomic E-state index is 0.279. The lowest BCUT2D eigenvalue weighted by molar-refractivity contribution is 0.309. The van der Waals surface area contributed by atoms with Gasteiger partial charge >= 0.3 is 0 Å². The highest BCUT2D eigenvalue weighted by molar-refractivity contribution is 5.19. The van der Waals surface area contributed by atoms with Gasteiger partial charge in [0.05, 0.1) is 0 Å². The monoisotopic (exact) mass is 281 g/mol. The summed E-state index contributed by atoms with van der Waals surface area (Å²) < 4.78 is 27.1. The molecule has 0 saturated heterocycles. The van der Waals surface area contributed by atoms with Crippen LogP contribution >= 0.6 is 0 Å². The first kappa shape index (κ1) is 15.4. The van der Waals surface area contributed by atoms with E-state index in [1.54, 1.807) is 0 Å². The number of halogens is 2. The lowest BCUT2D eigenvalue weighted by Gasteiger charge is -2.25. The zero-order chi connectivity index (χ0) is 14.5. The lowest BCUT2D eigenvalue weighted by atomic mass is 9.85. The molecule has 1 nitrogen and oxygen atoms in total. The number of rotatable bonds is 6. The van der Waals surface area contributed by atoms with Crippen molar-refractivity contribution in [1.82, 2.24) is 5.32 Å². The first-order valence-electron chi connectivity index (χ1n) is 7.73. The molecule has 1 atom stereocenters. The maximum Gasteiger partial charge on any atom is 0.126 e. The number of hydrogen-bond donors (Lipinski definition) is 1. The Hall–Kier alpha value is -0.960. The fraction of sp³-hybridized carbons (Fsp3) is 0.647. The Balaban J connectivity index is 2.07. The summed E-state index contributed by atoms with van der Waals surface area (Å²) in [6.45, 7) is 5.13. The second-order valence-corrected chi connectivity index (χ2v) is 6.31. The molecule has 0 aromatic heterocycles. The van der Waals surface area contributed by atoms with Gasteiger partial charge in [-0.3, -0.25) is 0 Å². The average molecular weight is 281 g/mol. The molecule has 0 bridgehead atoms. The van der Waals surface area contributed by atoms with E-state index in [2.05, 4.69) is 19.2 Å². The predicted molar refractivity (Wildman–Crippen MR) is 78.6 cm³/mol. The number of benzene rings is 1. The van der Waals surface area contributed by atoms with Gasteiger partial charge in [-0.05, 0) is 48.6 Å². The van der Waals surface area contributed by atoms with Gasteiger partial charge in [0.1, 0.15) is 11.6 Å². The molecule has 3 heteroatoms. The van der Waals surface area contributed by atoms with Crippen molar-refractivity contribution in [2.45, 2.75) is 52.0 Å². The highest BCUT2D eigenvalue weighted by Gasteiger charge is 2.26. The highest BCUT2D eigenvalue weighted by Crippen LogP contribution is 2.33. The van der Waals surface area contributed by atoms with Crippen molar-refractivity contribution < 1.29 is 8.78 Å². The first-order chi connectivity index (χ1) is 9.56. The van der Waals surface area contributed by atoms with Gasteiger partial charge in [0.2, 0.25) is 0 Å². The Morgan fingerprint density at radius 2 is 1.90 bits per heavy atom. The maximum atomic E-state index is 13.8. The van der Waals surface area contributed by atoms with Gasteiger partial charge in [0.25, 0.3) is 0 Å². The second kappa shape index (κ2) is 7.16. The first-order valence-corrected chi connectivity index (χ1v) is 7.73. The lowest BCUT2D eigenvalue weighted by Crippen LogP contribution is -2.33. The molecule has 0 spiro atoms. The van der Waals surface area contributed by atoms with Crippen molar-refractivity contribution in [2.24, 2.45) is 11.8 Å². The van der Waals surface area contributed by atoms with Gasteiger partial charge in [-0.2, -0.15) is 0 Å². The van der Waals surface area contributed by atoms with Crippen molar-refractivity contribution in [3.63, 3.8) is 0 Å². The van der Waals surface area contributed by atoms with Crippen LogP contribution in [0.4, 0.5) is 8.78 Å². The van der Waals surface area contributed by atoms with Crippen LogP contribution in [0.25, 0.3) is 0 Å². The van der Waals surface area contributed by atoms with Crippen LogP contribution in [0.1, 0.15) is 45.1 Å². The topological polar surface area (TPSA) is 12.0 Å². The Morgan fingerprint density at radius 3 is 2.55 bits per heavy atom. The van der Waals surface area contributed by atoms with E-state index in [1.165, 1.54) is 43.9 Å². The molecule has 1 fully saturated rings. The molecule has 112 valence electrons. The van der Waals surface area contributed by atoms with E-state index in [1.807, 2.05) is 0 Å². The molecule has 2 rings (SSSR count). The quantitative estimate of drug-likeness (QED) is 0.819. The highest BCUT2D eigenvalue weighted by atomic mass is 19.1. The Bertz CT molecular complexity index is 425. The van der Waals surface area contributed by atoms with E-state index in [4.69, 9.17) is 0 Å². The van der Waals surface area contributed by atoms with Crippen LogP contribution in [-0.2, 0) is 6.42 Å². The molecule has 1 unspecified atom stereocenters. The van der Waals surface area contributed by atoms with E-state index in [0.717, 1.165) is 6.54 Å². The molecule has 1 aliphatic rings. The van der Waals surface area contributed by atoms with Gasteiger partial charge < -0.3 is 5.32 Å². The summed E-state index contributed by atoms with van der Waals surface area (Å²) in [5, 5.41) is 3.46. The van der Waals surface area contributed by atoms with E-state index in [-0.39, 0.29) is 11.6 Å². The second-order valence-electron chi connectivity index (χ2n) is 6.31. The van der Waals surface area contributed by atoms with Crippen LogP contribution < -0.4 is 5.32 Å². The van der Waals surface area contributed by atoms with E-state index < -0.39 is 0 Å². The van der Waals surface area contributed by atoms with Crippen molar-refractivity contribution in [1.29, 1.82) is 0 Å². The molecule has 1 aliphatic carbocycles. The van der Waals surface area contributed by atoms with Crippen LogP contribution in [0.3, 0.4) is 0 Å². The Morgan fingerprint density at radius 1 is 1.20 bits per heavy atom. The van der Waals surface area contributed by atoms with E-state index in [9.17, 15) is 8.78 Å². The molecule has 1 aromatic rings. The van der Waals surface area contributed by atoms with Gasteiger partial charge in [0, 0.05) is 6.04 Å². The minimum Gasteiger partial charge on any atom is -0.314 e. The van der Waals surface area contributed by atoms with Crippen molar-refractivity contribution in [3.05, 3.63) is 35.4 Å². The summed E-state index contributed by atoms with van der Waals surface area (Å²) in [4.78, 5) is 0. The SMILES string of the molecule is CC(C)NCC(Cc1cc(F)ccc1F)C1CCCC1. The molecule has 0 heterocycles. The third-order valence-electron chi connectivity index (χ3n) is 4.34. The molecule has 20 heavy (non-hydrogen) atoms. The van der Waals surface area contributed by atoms with Crippen LogP contribution in [-0.4, -0.2) is 12.6 Å². The summed E-state index contributed by atoms with van der Waals surface area (Å²) in [5.41, 5.74) is 0.521. The van der Waals surface area contributed by atoms with Gasteiger partial charge in [-0.15, -0.1) is 0 Å². The molecule has 1 saturated carbocycles. The Kier molecular flexibility index (Phi) is 5.53. The largest absolute Gasteiger partial charge is 0.314 e. The Labute approximate surface area is 120 Å². The van der Waals surface area contributed by atoms with Gasteiger partial charge in [-0.1, -0.05) is 39.5 Å². The molecule has 0 aliphatic heterocycles. The van der Waals surface area contributed by atoms with Crippen LogP contribution in [0, 0.1) is 23.5 Å². The smallest absolute Gasteiger partial charge is 0.126 e. The fourth-order valence-corrected chi connectivity index (χ4v) is 3.20. The fourth-order valence-electron chi connectivity index (χ4n) is 3.20. The van der Waals surface area contributed by atoms with Gasteiger partial charge in [-0.25, -0.2) is 8.78 Å². The minimum atomic E-state index is -0.344. The number of nitrogens with one attached hydrogen (secondary N) is 1. The predicted octanol–water partition coefficient (Wildman–Crippen LogP) is 4.31. The molecule has 0 amide bonds. The number of hydrogen-bond acceptors (Lipinski definition) is 1. The van der Waals surface area contributed by atoms with E-state index in [0.29, 0.717) is 29.9 Å². The summed E-state index contributed by atoms with van der Waals surface area (Å²) in [7, 11) is 0. The molecule has 0 radical (unpaired) electrons. The summed E-state index contributed by atoms with van der Waals surface area (Å²) in [6.07, 6.45) is 5.62. The normalized spacial score (nSPS) is 17.9. The standard InChI is InChI=1S/C17H25F2N/c1-12(2)20-11-15(13-5-3-4-6-13)9-14-10-16(18)7-8-17(14)19/h7-8,10,12-13,15,20H,3-6,9,11H2,1-2H3. The van der Waals surface area contributed by atoms with Crippen LogP contribution in [0.15, 0.2) is 18.2 Å². The molecular formula is C17H25F2N. The zero-order valence-corrected chi connectivity index (χ0v) is 12.5. The summed E-state index contributed by atoms with van der Waals surface area (Å²) >= 11 is 0. The van der Waals surface area contributed by atoms with Crippen molar-refractivity contribution in [2.75, 3.05) is 6.54 Å². The summed E-state index contributed by atoms with van der Waals surface area (Å²) in [6, 6.07) is 4.21. The van der Waals surface area contributed by atoms with Crippen molar-refractivity contribution >= 4 is 0 Å². The summed E-state index contributed by atoms with van der Waals surface area (Å²) in [5.74, 6) is 0.419. The van der Waals surface area contributed by atoms with Gasteiger partial charge in [0.15, 0.2) is 0 Å². The zero-order valence-electron chi connectivity index (χ0n) is 12.5.